The Morgan fingerprint density at radius 3 is 1.68 bits per heavy atom. The molecule has 0 aromatic rings. The number of methoxy groups -OCH3 is 1. The molecule has 0 rings (SSSR count). The van der Waals surface area contributed by atoms with E-state index in [9.17, 15) is 9.59 Å². The summed E-state index contributed by atoms with van der Waals surface area (Å²) in [6, 6.07) is 0. The molecule has 0 saturated carbocycles. The smallest absolute Gasteiger partial charge is 0.332 e. The molecule has 28 heavy (non-hydrogen) atoms. The standard InChI is InChI=1S/C19H34O9/c1-19(2,3)28-18(21)16-27-15-14-26-13-12-25-11-10-24-9-8-23-7-5-6-17(20)22-4/h5-6H,7-16H2,1-4H3/b6-5+. The highest BCUT2D eigenvalue weighted by molar-refractivity contribution is 5.81. The Morgan fingerprint density at radius 2 is 1.21 bits per heavy atom. The van der Waals surface area contributed by atoms with Crippen LogP contribution in [0, 0.1) is 0 Å². The van der Waals surface area contributed by atoms with Gasteiger partial charge in [0.15, 0.2) is 0 Å². The first-order valence-corrected chi connectivity index (χ1v) is 9.20. The molecule has 0 saturated heterocycles. The third kappa shape index (κ3) is 20.8. The van der Waals surface area contributed by atoms with Gasteiger partial charge in [-0.25, -0.2) is 9.59 Å². The molecular weight excluding hydrogens is 372 g/mol. The summed E-state index contributed by atoms with van der Waals surface area (Å²) in [6.45, 7) is 9.03. The fraction of sp³-hybridized carbons (Fsp3) is 0.789. The van der Waals surface area contributed by atoms with Crippen LogP contribution in [0.2, 0.25) is 0 Å². The van der Waals surface area contributed by atoms with Gasteiger partial charge in [-0.3, -0.25) is 0 Å². The van der Waals surface area contributed by atoms with Crippen molar-refractivity contribution < 1.29 is 42.7 Å². The number of esters is 2. The molecule has 0 aromatic carbocycles. The summed E-state index contributed by atoms with van der Waals surface area (Å²) in [5.41, 5.74) is -0.506. The van der Waals surface area contributed by atoms with E-state index >= 15 is 0 Å². The van der Waals surface area contributed by atoms with Crippen molar-refractivity contribution in [3.63, 3.8) is 0 Å². The summed E-state index contributed by atoms with van der Waals surface area (Å²) < 4.78 is 36.0. The van der Waals surface area contributed by atoms with Gasteiger partial charge in [-0.2, -0.15) is 0 Å². The van der Waals surface area contributed by atoms with Gasteiger partial charge in [0.1, 0.15) is 12.2 Å². The lowest BCUT2D eigenvalue weighted by molar-refractivity contribution is -0.160. The van der Waals surface area contributed by atoms with Crippen LogP contribution in [-0.4, -0.2) is 90.7 Å². The minimum Gasteiger partial charge on any atom is -0.466 e. The van der Waals surface area contributed by atoms with E-state index in [-0.39, 0.29) is 12.6 Å². The summed E-state index contributed by atoms with van der Waals surface area (Å²) in [5.74, 6) is -0.798. The molecule has 0 heterocycles. The number of rotatable bonds is 17. The van der Waals surface area contributed by atoms with E-state index in [4.69, 9.17) is 28.4 Å². The second-order valence-corrected chi connectivity index (χ2v) is 6.48. The van der Waals surface area contributed by atoms with Crippen molar-refractivity contribution in [1.29, 1.82) is 0 Å². The van der Waals surface area contributed by atoms with Crippen LogP contribution >= 0.6 is 0 Å². The van der Waals surface area contributed by atoms with Gasteiger partial charge in [-0.15, -0.1) is 0 Å². The molecule has 0 N–H and O–H groups in total. The lowest BCUT2D eigenvalue weighted by Gasteiger charge is -2.19. The molecule has 164 valence electrons. The van der Waals surface area contributed by atoms with Gasteiger partial charge in [-0.1, -0.05) is 6.08 Å². The van der Waals surface area contributed by atoms with Crippen LogP contribution in [0.4, 0.5) is 0 Å². The Morgan fingerprint density at radius 1 is 0.750 bits per heavy atom. The van der Waals surface area contributed by atoms with E-state index in [1.54, 1.807) is 26.8 Å². The summed E-state index contributed by atoms with van der Waals surface area (Å²) >= 11 is 0. The van der Waals surface area contributed by atoms with Crippen LogP contribution in [0.1, 0.15) is 20.8 Å². The number of ether oxygens (including phenoxy) is 7. The maximum Gasteiger partial charge on any atom is 0.332 e. The zero-order valence-electron chi connectivity index (χ0n) is 17.4. The van der Waals surface area contributed by atoms with E-state index < -0.39 is 11.6 Å². The van der Waals surface area contributed by atoms with Crippen LogP contribution in [0.25, 0.3) is 0 Å². The van der Waals surface area contributed by atoms with E-state index in [1.807, 2.05) is 0 Å². The van der Waals surface area contributed by atoms with Gasteiger partial charge in [0, 0.05) is 6.08 Å². The average Bonchev–Trinajstić information content (AvgIpc) is 2.62. The Labute approximate surface area is 167 Å². The Kier molecular flexibility index (Phi) is 16.6. The molecule has 0 bridgehead atoms. The van der Waals surface area contributed by atoms with Crippen molar-refractivity contribution in [1.82, 2.24) is 0 Å². The first kappa shape index (κ1) is 26.5. The number of hydrogen-bond donors (Lipinski definition) is 0. The predicted octanol–water partition coefficient (Wildman–Crippen LogP) is 1.14. The Hall–Kier alpha value is -1.52. The fourth-order valence-corrected chi connectivity index (χ4v) is 1.67. The van der Waals surface area contributed by atoms with Crippen LogP contribution in [-0.2, 0) is 42.7 Å². The van der Waals surface area contributed by atoms with Gasteiger partial charge in [-0.05, 0) is 20.8 Å². The molecule has 0 aromatic heterocycles. The fourth-order valence-electron chi connectivity index (χ4n) is 1.67. The molecule has 0 radical (unpaired) electrons. The molecule has 0 spiro atoms. The molecule has 0 aliphatic carbocycles. The van der Waals surface area contributed by atoms with Crippen molar-refractivity contribution in [3.05, 3.63) is 12.2 Å². The summed E-state index contributed by atoms with van der Waals surface area (Å²) in [4.78, 5) is 22.2. The van der Waals surface area contributed by atoms with E-state index in [1.165, 1.54) is 13.2 Å². The number of hydrogen-bond acceptors (Lipinski definition) is 9. The van der Waals surface area contributed by atoms with Crippen molar-refractivity contribution >= 4 is 11.9 Å². The van der Waals surface area contributed by atoms with Crippen molar-refractivity contribution in [2.75, 3.05) is 73.2 Å². The minimum atomic E-state index is -0.506. The average molecular weight is 406 g/mol. The second-order valence-electron chi connectivity index (χ2n) is 6.48. The summed E-state index contributed by atoms with van der Waals surface area (Å²) in [6.07, 6.45) is 2.89. The van der Waals surface area contributed by atoms with Gasteiger partial charge < -0.3 is 33.2 Å². The van der Waals surface area contributed by atoms with Gasteiger partial charge in [0.05, 0.1) is 66.6 Å². The van der Waals surface area contributed by atoms with E-state index in [0.29, 0.717) is 59.5 Å². The quantitative estimate of drug-likeness (QED) is 0.200. The molecule has 0 aliphatic heterocycles. The second kappa shape index (κ2) is 17.6. The highest BCUT2D eigenvalue weighted by atomic mass is 16.6. The largest absolute Gasteiger partial charge is 0.466 e. The van der Waals surface area contributed by atoms with Crippen LogP contribution in [0.15, 0.2) is 12.2 Å². The zero-order chi connectivity index (χ0) is 21.1. The topological polar surface area (TPSA) is 98.8 Å². The van der Waals surface area contributed by atoms with Gasteiger partial charge in [0.2, 0.25) is 0 Å². The maximum absolute atomic E-state index is 11.4. The first-order chi connectivity index (χ1) is 13.3. The summed E-state index contributed by atoms with van der Waals surface area (Å²) in [5, 5.41) is 0. The lowest BCUT2D eigenvalue weighted by Crippen LogP contribution is -2.27. The predicted molar refractivity (Wildman–Crippen MR) is 101 cm³/mol. The minimum absolute atomic E-state index is 0.0836. The molecule has 0 unspecified atom stereocenters. The van der Waals surface area contributed by atoms with Gasteiger partial charge >= 0.3 is 11.9 Å². The normalized spacial score (nSPS) is 11.7. The van der Waals surface area contributed by atoms with Crippen molar-refractivity contribution in [3.8, 4) is 0 Å². The van der Waals surface area contributed by atoms with E-state index in [0.717, 1.165) is 0 Å². The zero-order valence-corrected chi connectivity index (χ0v) is 17.4. The van der Waals surface area contributed by atoms with Crippen LogP contribution in [0.3, 0.4) is 0 Å². The molecule has 0 atom stereocenters. The highest BCUT2D eigenvalue weighted by Gasteiger charge is 2.15. The molecule has 0 aliphatic rings. The van der Waals surface area contributed by atoms with Crippen molar-refractivity contribution in [2.45, 2.75) is 26.4 Å². The molecule has 9 nitrogen and oxygen atoms in total. The number of carbonyl (C=O) groups excluding carboxylic acids is 2. The van der Waals surface area contributed by atoms with Gasteiger partial charge in [0.25, 0.3) is 0 Å². The highest BCUT2D eigenvalue weighted by Crippen LogP contribution is 2.06. The third-order valence-corrected chi connectivity index (χ3v) is 2.80. The molecule has 9 heteroatoms. The monoisotopic (exact) mass is 406 g/mol. The third-order valence-electron chi connectivity index (χ3n) is 2.80. The number of carbonyl (C=O) groups is 2. The molecule has 0 fully saturated rings. The Balaban J connectivity index is 3.21. The molecule has 0 amide bonds. The van der Waals surface area contributed by atoms with Crippen molar-refractivity contribution in [2.24, 2.45) is 0 Å². The lowest BCUT2D eigenvalue weighted by atomic mass is 10.2. The van der Waals surface area contributed by atoms with Crippen LogP contribution < -0.4 is 0 Å². The first-order valence-electron chi connectivity index (χ1n) is 9.20. The molecular formula is C19H34O9. The van der Waals surface area contributed by atoms with Crippen LogP contribution in [0.5, 0.6) is 0 Å². The summed E-state index contributed by atoms with van der Waals surface area (Å²) in [7, 11) is 1.32. The maximum atomic E-state index is 11.4. The Bertz CT molecular complexity index is 430. The SMILES string of the molecule is COC(=O)/C=C/COCCOCCOCCOCCOCC(=O)OC(C)(C)C. The van der Waals surface area contributed by atoms with E-state index in [2.05, 4.69) is 4.74 Å².